The van der Waals surface area contributed by atoms with Crippen molar-refractivity contribution in [2.24, 2.45) is 5.10 Å². The summed E-state index contributed by atoms with van der Waals surface area (Å²) in [6, 6.07) is 2.89. The van der Waals surface area contributed by atoms with Crippen molar-refractivity contribution < 1.29 is 9.34 Å². The Balaban J connectivity index is 1.70. The first-order valence-electron chi connectivity index (χ1n) is 6.71. The van der Waals surface area contributed by atoms with Crippen LogP contribution in [0.25, 0.3) is 10.8 Å². The van der Waals surface area contributed by atoms with Gasteiger partial charge in [-0.05, 0) is 25.3 Å². The number of hydrogen-bond donors (Lipinski definition) is 0. The molecule has 1 aliphatic heterocycles. The van der Waals surface area contributed by atoms with Gasteiger partial charge in [0, 0.05) is 18.5 Å². The fourth-order valence-electron chi connectivity index (χ4n) is 2.13. The molecule has 0 N–H and O–H groups in total. The fraction of sp³-hybridized carbons (Fsp3) is 0.385. The molecule has 0 aromatic carbocycles. The molecule has 110 valence electrons. The number of piperidine rings is 1. The Morgan fingerprint density at radius 2 is 2.19 bits per heavy atom. The zero-order valence-electron chi connectivity index (χ0n) is 11.3. The summed E-state index contributed by atoms with van der Waals surface area (Å²) >= 11 is 1.38. The quantitative estimate of drug-likeness (QED) is 0.492. The number of aromatic nitrogens is 1. The predicted molar refractivity (Wildman–Crippen MR) is 79.5 cm³/mol. The molecule has 1 aliphatic rings. The molecule has 2 aromatic rings. The van der Waals surface area contributed by atoms with E-state index in [1.807, 2.05) is 10.4 Å². The van der Waals surface area contributed by atoms with Crippen LogP contribution in [-0.4, -0.2) is 34.2 Å². The summed E-state index contributed by atoms with van der Waals surface area (Å²) in [4.78, 5) is 14.4. The molecule has 2 aromatic heterocycles. The second-order valence-electron chi connectivity index (χ2n) is 4.73. The van der Waals surface area contributed by atoms with Crippen molar-refractivity contribution in [2.45, 2.75) is 19.3 Å². The van der Waals surface area contributed by atoms with Gasteiger partial charge in [0.25, 0.3) is 0 Å². The van der Waals surface area contributed by atoms with E-state index < -0.39 is 4.92 Å². The lowest BCUT2D eigenvalue weighted by atomic mass is 10.2. The van der Waals surface area contributed by atoms with E-state index in [1.165, 1.54) is 36.7 Å². The maximum atomic E-state index is 10.6. The van der Waals surface area contributed by atoms with Crippen molar-refractivity contribution in [2.75, 3.05) is 13.1 Å². The van der Waals surface area contributed by atoms with Crippen LogP contribution < -0.4 is 0 Å². The number of nitrogens with zero attached hydrogens (tertiary/aromatic N) is 4. The van der Waals surface area contributed by atoms with Crippen LogP contribution in [0.1, 0.15) is 25.0 Å². The molecule has 0 amide bonds. The van der Waals surface area contributed by atoms with E-state index in [0.29, 0.717) is 10.8 Å². The maximum absolute atomic E-state index is 10.6. The highest BCUT2D eigenvalue weighted by atomic mass is 32.1. The van der Waals surface area contributed by atoms with Crippen LogP contribution in [0.2, 0.25) is 0 Å². The molecular formula is C13H14N4O3S. The number of furan rings is 1. The van der Waals surface area contributed by atoms with E-state index in [-0.39, 0.29) is 5.88 Å². The topological polar surface area (TPSA) is 84.8 Å². The Labute approximate surface area is 125 Å². The molecule has 3 heterocycles. The van der Waals surface area contributed by atoms with Gasteiger partial charge >= 0.3 is 5.88 Å². The molecule has 0 atom stereocenters. The molecule has 0 radical (unpaired) electrons. The first kappa shape index (κ1) is 13.7. The van der Waals surface area contributed by atoms with Crippen molar-refractivity contribution in [1.29, 1.82) is 0 Å². The Bertz CT molecular complexity index is 658. The van der Waals surface area contributed by atoms with Gasteiger partial charge in [0.2, 0.25) is 0 Å². The largest absolute Gasteiger partial charge is 0.433 e. The van der Waals surface area contributed by atoms with E-state index in [0.717, 1.165) is 18.8 Å². The third-order valence-corrected chi connectivity index (χ3v) is 4.07. The van der Waals surface area contributed by atoms with E-state index >= 15 is 0 Å². The minimum Gasteiger partial charge on any atom is -0.398 e. The molecule has 8 heteroatoms. The summed E-state index contributed by atoms with van der Waals surface area (Å²) in [6.45, 7) is 1.97. The van der Waals surface area contributed by atoms with Gasteiger partial charge in [0.15, 0.2) is 10.8 Å². The van der Waals surface area contributed by atoms with Gasteiger partial charge in [-0.15, -0.1) is 11.3 Å². The first-order valence-corrected chi connectivity index (χ1v) is 7.59. The summed E-state index contributed by atoms with van der Waals surface area (Å²) in [7, 11) is 0. The highest BCUT2D eigenvalue weighted by Crippen LogP contribution is 2.28. The third kappa shape index (κ3) is 3.27. The van der Waals surface area contributed by atoms with Crippen molar-refractivity contribution >= 4 is 23.4 Å². The molecule has 0 bridgehead atoms. The van der Waals surface area contributed by atoms with Crippen LogP contribution in [0.3, 0.4) is 0 Å². The summed E-state index contributed by atoms with van der Waals surface area (Å²) in [5.41, 5.74) is 0.736. The SMILES string of the molecule is O=[N+]([O-])c1ccc(-c2nc(/C=N\N3CCCCC3)cs2)o1. The lowest BCUT2D eigenvalue weighted by molar-refractivity contribution is -0.401. The number of nitro groups is 1. The molecule has 21 heavy (non-hydrogen) atoms. The van der Waals surface area contributed by atoms with Crippen molar-refractivity contribution in [3.05, 3.63) is 33.3 Å². The van der Waals surface area contributed by atoms with Gasteiger partial charge in [0.1, 0.15) is 4.92 Å². The van der Waals surface area contributed by atoms with Gasteiger partial charge in [-0.25, -0.2) is 4.98 Å². The third-order valence-electron chi connectivity index (χ3n) is 3.19. The molecule has 0 unspecified atom stereocenters. The van der Waals surface area contributed by atoms with E-state index in [9.17, 15) is 10.1 Å². The second-order valence-corrected chi connectivity index (χ2v) is 5.59. The van der Waals surface area contributed by atoms with Crippen molar-refractivity contribution in [3.63, 3.8) is 0 Å². The monoisotopic (exact) mass is 306 g/mol. The van der Waals surface area contributed by atoms with Gasteiger partial charge < -0.3 is 4.42 Å². The Kier molecular flexibility index (Phi) is 3.96. The zero-order valence-corrected chi connectivity index (χ0v) is 12.1. The first-order chi connectivity index (χ1) is 10.2. The maximum Gasteiger partial charge on any atom is 0.433 e. The van der Waals surface area contributed by atoms with Gasteiger partial charge in [-0.2, -0.15) is 5.10 Å². The predicted octanol–water partition coefficient (Wildman–Crippen LogP) is 3.13. The molecule has 3 rings (SSSR count). The van der Waals surface area contributed by atoms with Gasteiger partial charge in [-0.3, -0.25) is 15.1 Å². The summed E-state index contributed by atoms with van der Waals surface area (Å²) in [5.74, 6) is 0.132. The lowest BCUT2D eigenvalue weighted by Crippen LogP contribution is -2.24. The summed E-state index contributed by atoms with van der Waals surface area (Å²) < 4.78 is 5.13. The molecule has 0 aliphatic carbocycles. The minimum atomic E-state index is -0.560. The Morgan fingerprint density at radius 1 is 1.38 bits per heavy atom. The highest BCUT2D eigenvalue weighted by Gasteiger charge is 2.15. The Morgan fingerprint density at radius 3 is 2.90 bits per heavy atom. The van der Waals surface area contributed by atoms with E-state index in [2.05, 4.69) is 10.1 Å². The normalized spacial score (nSPS) is 15.7. The number of hydrazone groups is 1. The van der Waals surface area contributed by atoms with Crippen molar-refractivity contribution in [3.8, 4) is 10.8 Å². The molecule has 0 saturated carbocycles. The van der Waals surface area contributed by atoms with Crippen molar-refractivity contribution in [1.82, 2.24) is 9.99 Å². The lowest BCUT2D eigenvalue weighted by Gasteiger charge is -2.22. The van der Waals surface area contributed by atoms with Crippen LogP contribution in [-0.2, 0) is 0 Å². The number of rotatable bonds is 4. The standard InChI is InChI=1S/C13H14N4O3S/c18-17(19)12-5-4-11(20-12)13-15-10(9-21-13)8-14-16-6-2-1-3-7-16/h4-5,8-9H,1-3,6-7H2/b14-8-. The summed E-state index contributed by atoms with van der Waals surface area (Å²) in [6.07, 6.45) is 5.35. The number of hydrogen-bond acceptors (Lipinski definition) is 7. The second kappa shape index (κ2) is 6.04. The van der Waals surface area contributed by atoms with E-state index in [4.69, 9.17) is 4.42 Å². The fourth-order valence-corrected chi connectivity index (χ4v) is 2.86. The summed E-state index contributed by atoms with van der Waals surface area (Å²) in [5, 5.41) is 19.5. The molecular weight excluding hydrogens is 292 g/mol. The molecule has 1 fully saturated rings. The van der Waals surface area contributed by atoms with Crippen LogP contribution in [0.15, 0.2) is 27.0 Å². The average molecular weight is 306 g/mol. The minimum absolute atomic E-state index is 0.274. The van der Waals surface area contributed by atoms with E-state index in [1.54, 1.807) is 12.3 Å². The van der Waals surface area contributed by atoms with Gasteiger partial charge in [-0.1, -0.05) is 0 Å². The Hall–Kier alpha value is -2.22. The zero-order chi connectivity index (χ0) is 14.7. The molecule has 7 nitrogen and oxygen atoms in total. The molecule has 1 saturated heterocycles. The number of thiazole rings is 1. The average Bonchev–Trinajstić information content (AvgIpc) is 3.15. The van der Waals surface area contributed by atoms with Crippen LogP contribution in [0.4, 0.5) is 5.88 Å². The van der Waals surface area contributed by atoms with Crippen LogP contribution in [0, 0.1) is 10.1 Å². The smallest absolute Gasteiger partial charge is 0.398 e. The van der Waals surface area contributed by atoms with Crippen LogP contribution >= 0.6 is 11.3 Å². The molecule has 0 spiro atoms. The highest BCUT2D eigenvalue weighted by molar-refractivity contribution is 7.13. The van der Waals surface area contributed by atoms with Crippen LogP contribution in [0.5, 0.6) is 0 Å². The van der Waals surface area contributed by atoms with Gasteiger partial charge in [0.05, 0.1) is 18.0 Å².